The summed E-state index contributed by atoms with van der Waals surface area (Å²) in [4.78, 5) is 12.5. The lowest BCUT2D eigenvalue weighted by Gasteiger charge is -2.46. The molecule has 0 saturated heterocycles. The van der Waals surface area contributed by atoms with Crippen molar-refractivity contribution in [2.24, 2.45) is 17.8 Å². The molecule has 0 aliphatic heterocycles. The molecule has 2 aliphatic rings. The zero-order chi connectivity index (χ0) is 26.6. The number of nitrogens with one attached hydrogen (secondary N) is 1. The van der Waals surface area contributed by atoms with Crippen LogP contribution in [0.4, 0.5) is 14.5 Å². The van der Waals surface area contributed by atoms with Crippen LogP contribution < -0.4 is 5.32 Å². The van der Waals surface area contributed by atoms with Crippen LogP contribution in [0.2, 0.25) is 5.02 Å². The minimum absolute atomic E-state index is 0.00736. The SMILES string of the molecule is C[C@H](O)[C@@H](O)[C@@]1(O)C2C[C@@H](S(=O)(=O)c3cc(C(=O)Nc4ccc(F)c(F)c4)ccc3Cl)CC1[C@@H](C)C2. The predicted octanol–water partition coefficient (Wildman–Crippen LogP) is 3.55. The number of carbonyl (C=O) groups excluding carboxylic acids is 1. The van der Waals surface area contributed by atoms with Crippen molar-refractivity contribution in [2.45, 2.75) is 61.1 Å². The number of halogens is 3. The van der Waals surface area contributed by atoms with E-state index in [1.807, 2.05) is 6.92 Å². The van der Waals surface area contributed by atoms with Crippen LogP contribution in [0.15, 0.2) is 41.3 Å². The fraction of sp³-hybridized carbons (Fsp3) is 0.480. The molecule has 2 aromatic carbocycles. The van der Waals surface area contributed by atoms with Crippen LogP contribution in [0.1, 0.15) is 43.5 Å². The average molecular weight is 544 g/mol. The molecule has 4 N–H and O–H groups in total. The number of benzene rings is 2. The molecule has 7 nitrogen and oxygen atoms in total. The smallest absolute Gasteiger partial charge is 0.255 e. The first-order valence-corrected chi connectivity index (χ1v) is 13.6. The van der Waals surface area contributed by atoms with E-state index >= 15 is 0 Å². The first kappa shape index (κ1) is 26.9. The van der Waals surface area contributed by atoms with E-state index in [1.165, 1.54) is 25.1 Å². The second-order valence-electron chi connectivity index (χ2n) is 9.96. The summed E-state index contributed by atoms with van der Waals surface area (Å²) in [7, 11) is -4.06. The first-order valence-electron chi connectivity index (χ1n) is 11.6. The highest BCUT2D eigenvalue weighted by molar-refractivity contribution is 7.92. The van der Waals surface area contributed by atoms with Gasteiger partial charge in [-0.1, -0.05) is 18.5 Å². The van der Waals surface area contributed by atoms with Gasteiger partial charge < -0.3 is 20.6 Å². The molecule has 11 heteroatoms. The van der Waals surface area contributed by atoms with Gasteiger partial charge in [0.2, 0.25) is 0 Å². The highest BCUT2D eigenvalue weighted by atomic mass is 35.5. The minimum atomic E-state index is -4.06. The van der Waals surface area contributed by atoms with E-state index in [9.17, 15) is 37.3 Å². The highest BCUT2D eigenvalue weighted by Crippen LogP contribution is 2.56. The van der Waals surface area contributed by atoms with E-state index in [0.717, 1.165) is 18.2 Å². The summed E-state index contributed by atoms with van der Waals surface area (Å²) in [6.45, 7) is 3.27. The van der Waals surface area contributed by atoms with E-state index in [1.54, 1.807) is 0 Å². The van der Waals surface area contributed by atoms with Crippen LogP contribution in [-0.2, 0) is 9.84 Å². The predicted molar refractivity (Wildman–Crippen MR) is 129 cm³/mol. The fourth-order valence-corrected chi connectivity index (χ4v) is 8.26. The lowest BCUT2D eigenvalue weighted by Crippen LogP contribution is -2.59. The first-order chi connectivity index (χ1) is 16.8. The number of fused-ring (bicyclic) bond motifs is 2. The summed E-state index contributed by atoms with van der Waals surface area (Å²) in [6, 6.07) is 6.58. The van der Waals surface area contributed by atoms with Crippen molar-refractivity contribution in [1.29, 1.82) is 0 Å². The molecule has 2 bridgehead atoms. The molecule has 2 saturated carbocycles. The second kappa shape index (κ2) is 9.64. The largest absolute Gasteiger partial charge is 0.391 e. The zero-order valence-electron chi connectivity index (χ0n) is 19.7. The van der Waals surface area contributed by atoms with E-state index in [-0.39, 0.29) is 39.9 Å². The summed E-state index contributed by atoms with van der Waals surface area (Å²) in [5.41, 5.74) is -1.65. The Morgan fingerprint density at radius 2 is 1.81 bits per heavy atom. The molecule has 0 heterocycles. The molecule has 4 rings (SSSR count). The van der Waals surface area contributed by atoms with Crippen LogP contribution >= 0.6 is 11.6 Å². The van der Waals surface area contributed by atoms with Crippen molar-refractivity contribution in [2.75, 3.05) is 5.32 Å². The standard InChI is InChI=1S/C25H28ClF2NO6S/c1-12-7-15-9-17(11-18(12)25(15,33)23(31)13(2)30)36(34,35)22-8-14(3-5-19(22)26)24(32)29-16-4-6-20(27)21(28)10-16/h3-6,8,10,12-13,15,17-18,23,30-31,33H,7,9,11H2,1-2H3,(H,29,32)/t12-,13-,15?,17+,18?,23+,25+/m0/s1. The Kier molecular flexibility index (Phi) is 7.22. The fourth-order valence-electron chi connectivity index (χ4n) is 5.88. The maximum atomic E-state index is 13.7. The van der Waals surface area contributed by atoms with Gasteiger partial charge >= 0.3 is 0 Å². The van der Waals surface area contributed by atoms with Gasteiger partial charge in [0.25, 0.3) is 5.91 Å². The van der Waals surface area contributed by atoms with Gasteiger partial charge in [-0.3, -0.25) is 4.79 Å². The van der Waals surface area contributed by atoms with Crippen LogP contribution in [0.5, 0.6) is 0 Å². The van der Waals surface area contributed by atoms with Crippen molar-refractivity contribution in [3.63, 3.8) is 0 Å². The van der Waals surface area contributed by atoms with Gasteiger partial charge in [-0.15, -0.1) is 0 Å². The number of hydrogen-bond donors (Lipinski definition) is 4. The summed E-state index contributed by atoms with van der Waals surface area (Å²) >= 11 is 6.24. The Morgan fingerprint density at radius 3 is 2.42 bits per heavy atom. The van der Waals surface area contributed by atoms with Crippen molar-refractivity contribution in [1.82, 2.24) is 0 Å². The quantitative estimate of drug-likeness (QED) is 0.442. The molecule has 0 spiro atoms. The van der Waals surface area contributed by atoms with Crippen molar-refractivity contribution >= 4 is 33.0 Å². The van der Waals surface area contributed by atoms with Crippen LogP contribution in [-0.4, -0.2) is 52.7 Å². The third kappa shape index (κ3) is 4.54. The van der Waals surface area contributed by atoms with Gasteiger partial charge in [-0.25, -0.2) is 17.2 Å². The number of carbonyl (C=O) groups is 1. The Morgan fingerprint density at radius 1 is 1.11 bits per heavy atom. The normalized spacial score (nSPS) is 29.6. The molecule has 7 atom stereocenters. The van der Waals surface area contributed by atoms with E-state index < -0.39 is 62.3 Å². The third-order valence-electron chi connectivity index (χ3n) is 7.70. The molecule has 2 unspecified atom stereocenters. The van der Waals surface area contributed by atoms with Crippen LogP contribution in [0, 0.1) is 29.4 Å². The number of hydrogen-bond acceptors (Lipinski definition) is 6. The Bertz CT molecular complexity index is 1290. The molecular formula is C25H28ClF2NO6S. The molecule has 2 fully saturated rings. The number of rotatable bonds is 6. The van der Waals surface area contributed by atoms with Crippen LogP contribution in [0.3, 0.4) is 0 Å². The van der Waals surface area contributed by atoms with Gasteiger partial charge in [0.1, 0.15) is 6.10 Å². The van der Waals surface area contributed by atoms with Crippen molar-refractivity contribution in [3.05, 3.63) is 58.6 Å². The highest BCUT2D eigenvalue weighted by Gasteiger charge is 2.62. The average Bonchev–Trinajstić information content (AvgIpc) is 2.94. The minimum Gasteiger partial charge on any atom is -0.391 e. The molecule has 2 aromatic rings. The summed E-state index contributed by atoms with van der Waals surface area (Å²) in [5, 5.41) is 33.2. The molecule has 2 aliphatic carbocycles. The van der Waals surface area contributed by atoms with Gasteiger partial charge in [0.15, 0.2) is 21.5 Å². The van der Waals surface area contributed by atoms with Gasteiger partial charge in [0.05, 0.1) is 26.9 Å². The van der Waals surface area contributed by atoms with E-state index in [4.69, 9.17) is 11.6 Å². The monoisotopic (exact) mass is 543 g/mol. The lowest BCUT2D eigenvalue weighted by molar-refractivity contribution is -0.175. The van der Waals surface area contributed by atoms with Crippen LogP contribution in [0.25, 0.3) is 0 Å². The Labute approximate surface area is 213 Å². The van der Waals surface area contributed by atoms with E-state index in [0.29, 0.717) is 6.42 Å². The Hall–Kier alpha value is -2.11. The number of aliphatic hydroxyl groups excluding tert-OH is 2. The molecule has 1 amide bonds. The summed E-state index contributed by atoms with van der Waals surface area (Å²) in [5.74, 6) is -4.13. The number of anilines is 1. The topological polar surface area (TPSA) is 124 Å². The second-order valence-corrected chi connectivity index (χ2v) is 12.6. The molecule has 36 heavy (non-hydrogen) atoms. The third-order valence-corrected chi connectivity index (χ3v) is 10.4. The molecular weight excluding hydrogens is 516 g/mol. The maximum absolute atomic E-state index is 13.7. The maximum Gasteiger partial charge on any atom is 0.255 e. The molecule has 196 valence electrons. The van der Waals surface area contributed by atoms with Crippen molar-refractivity contribution < 1.29 is 37.3 Å². The zero-order valence-corrected chi connectivity index (χ0v) is 21.2. The van der Waals surface area contributed by atoms with Gasteiger partial charge in [-0.05, 0) is 74.3 Å². The van der Waals surface area contributed by atoms with Gasteiger partial charge in [-0.2, -0.15) is 0 Å². The van der Waals surface area contributed by atoms with E-state index in [2.05, 4.69) is 5.32 Å². The number of aliphatic hydroxyl groups is 3. The number of amides is 1. The van der Waals surface area contributed by atoms with Crippen molar-refractivity contribution in [3.8, 4) is 0 Å². The molecule has 0 radical (unpaired) electrons. The lowest BCUT2D eigenvalue weighted by atomic mass is 9.69. The molecule has 0 aromatic heterocycles. The summed E-state index contributed by atoms with van der Waals surface area (Å²) in [6.07, 6.45) is -1.97. The van der Waals surface area contributed by atoms with Gasteiger partial charge in [0, 0.05) is 17.3 Å². The summed E-state index contributed by atoms with van der Waals surface area (Å²) < 4.78 is 54.0. The Balaban J connectivity index is 1.61. The number of sulfone groups is 1.